The van der Waals surface area contributed by atoms with Gasteiger partial charge in [0.15, 0.2) is 6.61 Å². The van der Waals surface area contributed by atoms with E-state index in [0.29, 0.717) is 16.8 Å². The first-order chi connectivity index (χ1) is 11.7. The molecule has 1 saturated heterocycles. The van der Waals surface area contributed by atoms with Crippen LogP contribution in [-0.4, -0.2) is 48.0 Å². The fourth-order valence-electron chi connectivity index (χ4n) is 3.24. The molecule has 2 aliphatic heterocycles. The van der Waals surface area contributed by atoms with E-state index in [9.17, 15) is 4.79 Å². The quantitative estimate of drug-likeness (QED) is 0.838. The van der Waals surface area contributed by atoms with E-state index in [4.69, 9.17) is 16.3 Å². The van der Waals surface area contributed by atoms with Crippen LogP contribution >= 0.6 is 22.9 Å². The number of amides is 1. The SMILES string of the molecule is O=C(COc1ccc(Cl)cc1)N1CC(N2CCc3sccc3C2)C1. The fraction of sp³-hybridized carbons (Fsp3) is 0.389. The third kappa shape index (κ3) is 3.29. The zero-order valence-corrected chi connectivity index (χ0v) is 14.9. The molecule has 24 heavy (non-hydrogen) atoms. The third-order valence-corrected chi connectivity index (χ3v) is 6.02. The molecule has 0 aliphatic carbocycles. The molecule has 0 spiro atoms. The Morgan fingerprint density at radius 1 is 1.25 bits per heavy atom. The van der Waals surface area contributed by atoms with Crippen molar-refractivity contribution in [2.75, 3.05) is 26.2 Å². The predicted octanol–water partition coefficient (Wildman–Crippen LogP) is 3.05. The maximum Gasteiger partial charge on any atom is 0.260 e. The number of fused-ring (bicyclic) bond motifs is 1. The number of hydrogen-bond acceptors (Lipinski definition) is 4. The topological polar surface area (TPSA) is 32.8 Å². The van der Waals surface area contributed by atoms with Crippen LogP contribution in [0.3, 0.4) is 0 Å². The molecule has 0 atom stereocenters. The molecule has 4 nitrogen and oxygen atoms in total. The van der Waals surface area contributed by atoms with E-state index in [1.165, 1.54) is 10.4 Å². The van der Waals surface area contributed by atoms with Gasteiger partial charge in [0.1, 0.15) is 5.75 Å². The van der Waals surface area contributed by atoms with Crippen LogP contribution in [0, 0.1) is 0 Å². The van der Waals surface area contributed by atoms with Gasteiger partial charge >= 0.3 is 0 Å². The molecular formula is C18H19ClN2O2S. The molecular weight excluding hydrogens is 344 g/mol. The van der Waals surface area contributed by atoms with E-state index < -0.39 is 0 Å². The summed E-state index contributed by atoms with van der Waals surface area (Å²) in [6, 6.07) is 9.79. The highest BCUT2D eigenvalue weighted by molar-refractivity contribution is 7.10. The molecule has 3 heterocycles. The summed E-state index contributed by atoms with van der Waals surface area (Å²) in [6.07, 6.45) is 1.14. The number of thiophene rings is 1. The Bertz CT molecular complexity index is 725. The number of nitrogens with zero attached hydrogens (tertiary/aromatic N) is 2. The third-order valence-electron chi connectivity index (χ3n) is 4.74. The standard InChI is InChI=1S/C18H19ClN2O2S/c19-14-1-3-16(4-2-14)23-12-18(22)21-10-15(11-21)20-7-5-17-13(9-20)6-8-24-17/h1-4,6,8,15H,5,7,9-12H2. The highest BCUT2D eigenvalue weighted by atomic mass is 35.5. The molecule has 2 aliphatic rings. The molecule has 0 unspecified atom stereocenters. The molecule has 126 valence electrons. The Morgan fingerprint density at radius 3 is 2.83 bits per heavy atom. The van der Waals surface area contributed by atoms with Crippen molar-refractivity contribution in [1.82, 2.24) is 9.80 Å². The van der Waals surface area contributed by atoms with Crippen molar-refractivity contribution in [3.63, 3.8) is 0 Å². The van der Waals surface area contributed by atoms with Crippen molar-refractivity contribution in [3.8, 4) is 5.75 Å². The molecule has 1 aromatic heterocycles. The van der Waals surface area contributed by atoms with Crippen LogP contribution in [0.15, 0.2) is 35.7 Å². The summed E-state index contributed by atoms with van der Waals surface area (Å²) in [4.78, 5) is 18.1. The first-order valence-electron chi connectivity index (χ1n) is 8.14. The lowest BCUT2D eigenvalue weighted by atomic mass is 10.0. The van der Waals surface area contributed by atoms with Gasteiger partial charge in [0.2, 0.25) is 0 Å². The number of likely N-dealkylation sites (tertiary alicyclic amines) is 1. The highest BCUT2D eigenvalue weighted by Gasteiger charge is 2.36. The second-order valence-corrected chi connectivity index (χ2v) is 7.72. The smallest absolute Gasteiger partial charge is 0.260 e. The predicted molar refractivity (Wildman–Crippen MR) is 95.7 cm³/mol. The van der Waals surface area contributed by atoms with Crippen LogP contribution in [0.25, 0.3) is 0 Å². The molecule has 0 N–H and O–H groups in total. The lowest BCUT2D eigenvalue weighted by molar-refractivity contribution is -0.141. The lowest BCUT2D eigenvalue weighted by Gasteiger charge is -2.46. The minimum Gasteiger partial charge on any atom is -0.484 e. The summed E-state index contributed by atoms with van der Waals surface area (Å²) in [6.45, 7) is 3.82. The van der Waals surface area contributed by atoms with Gasteiger partial charge in [-0.25, -0.2) is 0 Å². The van der Waals surface area contributed by atoms with Gasteiger partial charge in [-0.2, -0.15) is 0 Å². The van der Waals surface area contributed by atoms with E-state index in [0.717, 1.165) is 32.6 Å². The average Bonchev–Trinajstić information content (AvgIpc) is 3.01. The molecule has 0 bridgehead atoms. The molecule has 4 rings (SSSR count). The van der Waals surface area contributed by atoms with Crippen molar-refractivity contribution in [2.24, 2.45) is 0 Å². The number of ether oxygens (including phenoxy) is 1. The molecule has 0 radical (unpaired) electrons. The van der Waals surface area contributed by atoms with Crippen molar-refractivity contribution in [2.45, 2.75) is 19.0 Å². The highest BCUT2D eigenvalue weighted by Crippen LogP contribution is 2.27. The Morgan fingerprint density at radius 2 is 2.04 bits per heavy atom. The van der Waals surface area contributed by atoms with Gasteiger partial charge in [-0.1, -0.05) is 11.6 Å². The van der Waals surface area contributed by atoms with Crippen LogP contribution in [0.1, 0.15) is 10.4 Å². The first-order valence-corrected chi connectivity index (χ1v) is 9.40. The summed E-state index contributed by atoms with van der Waals surface area (Å²) in [5.74, 6) is 0.722. The van der Waals surface area contributed by atoms with Crippen LogP contribution < -0.4 is 4.74 Å². The zero-order valence-electron chi connectivity index (χ0n) is 13.3. The number of halogens is 1. The van der Waals surface area contributed by atoms with Crippen molar-refractivity contribution in [1.29, 1.82) is 0 Å². The fourth-order valence-corrected chi connectivity index (χ4v) is 4.25. The lowest BCUT2D eigenvalue weighted by Crippen LogP contribution is -2.62. The van der Waals surface area contributed by atoms with Gasteiger partial charge in [0, 0.05) is 42.1 Å². The summed E-state index contributed by atoms with van der Waals surface area (Å²) >= 11 is 7.70. The Balaban J connectivity index is 1.24. The number of hydrogen-bond donors (Lipinski definition) is 0. The molecule has 2 aromatic rings. The normalized spacial score (nSPS) is 18.1. The first kappa shape index (κ1) is 15.9. The minimum atomic E-state index is 0.0504. The van der Waals surface area contributed by atoms with Gasteiger partial charge < -0.3 is 9.64 Å². The van der Waals surface area contributed by atoms with Crippen molar-refractivity contribution >= 4 is 28.8 Å². The number of carbonyl (C=O) groups is 1. The second kappa shape index (κ2) is 6.75. The minimum absolute atomic E-state index is 0.0504. The van der Waals surface area contributed by atoms with Crippen molar-refractivity contribution in [3.05, 3.63) is 51.2 Å². The molecule has 0 saturated carbocycles. The number of rotatable bonds is 4. The van der Waals surface area contributed by atoms with Crippen LogP contribution in [0.4, 0.5) is 0 Å². The maximum atomic E-state index is 12.2. The van der Waals surface area contributed by atoms with Gasteiger partial charge in [-0.3, -0.25) is 9.69 Å². The van der Waals surface area contributed by atoms with E-state index >= 15 is 0 Å². The summed E-state index contributed by atoms with van der Waals surface area (Å²) in [5, 5.41) is 2.84. The van der Waals surface area contributed by atoms with Crippen molar-refractivity contribution < 1.29 is 9.53 Å². The van der Waals surface area contributed by atoms with Crippen LogP contribution in [-0.2, 0) is 17.8 Å². The van der Waals surface area contributed by atoms with E-state index in [2.05, 4.69) is 16.3 Å². The van der Waals surface area contributed by atoms with Gasteiger partial charge in [0.05, 0.1) is 0 Å². The molecule has 6 heteroatoms. The molecule has 1 aromatic carbocycles. The van der Waals surface area contributed by atoms with Gasteiger partial charge in [0.25, 0.3) is 5.91 Å². The summed E-state index contributed by atoms with van der Waals surface area (Å²) in [5.41, 5.74) is 1.46. The molecule has 1 amide bonds. The van der Waals surface area contributed by atoms with Gasteiger partial charge in [-0.15, -0.1) is 11.3 Å². The average molecular weight is 363 g/mol. The van der Waals surface area contributed by atoms with Gasteiger partial charge in [-0.05, 0) is 47.7 Å². The number of carbonyl (C=O) groups excluding carboxylic acids is 1. The van der Waals surface area contributed by atoms with Crippen LogP contribution in [0.2, 0.25) is 5.02 Å². The monoisotopic (exact) mass is 362 g/mol. The largest absolute Gasteiger partial charge is 0.484 e. The Labute approximate surface area is 150 Å². The van der Waals surface area contributed by atoms with E-state index in [-0.39, 0.29) is 12.5 Å². The number of benzene rings is 1. The Kier molecular flexibility index (Phi) is 4.48. The summed E-state index contributed by atoms with van der Waals surface area (Å²) < 4.78 is 5.53. The maximum absolute atomic E-state index is 12.2. The van der Waals surface area contributed by atoms with Crippen LogP contribution in [0.5, 0.6) is 5.75 Å². The van der Waals surface area contributed by atoms with E-state index in [1.54, 1.807) is 24.3 Å². The van der Waals surface area contributed by atoms with E-state index in [1.807, 2.05) is 16.2 Å². The zero-order chi connectivity index (χ0) is 16.5. The summed E-state index contributed by atoms with van der Waals surface area (Å²) in [7, 11) is 0. The second-order valence-electron chi connectivity index (χ2n) is 6.28. The molecule has 1 fully saturated rings. The Hall–Kier alpha value is -1.56.